The fourth-order valence-corrected chi connectivity index (χ4v) is 2.28. The highest BCUT2D eigenvalue weighted by atomic mass is 16.7. The SMILES string of the molecule is COc1cccc(/C=N/NC(=O)c2ccc3c(c2)OCO3)c1OC. The van der Waals surface area contributed by atoms with E-state index in [1.807, 2.05) is 6.07 Å². The van der Waals surface area contributed by atoms with E-state index in [0.29, 0.717) is 34.1 Å². The van der Waals surface area contributed by atoms with E-state index in [9.17, 15) is 4.79 Å². The van der Waals surface area contributed by atoms with Crippen molar-refractivity contribution < 1.29 is 23.7 Å². The highest BCUT2D eigenvalue weighted by Gasteiger charge is 2.16. The quantitative estimate of drug-likeness (QED) is 0.672. The number of rotatable bonds is 5. The number of carbonyl (C=O) groups is 1. The number of nitrogens with one attached hydrogen (secondary N) is 1. The van der Waals surface area contributed by atoms with Crippen LogP contribution < -0.4 is 24.4 Å². The number of benzene rings is 2. The van der Waals surface area contributed by atoms with E-state index in [-0.39, 0.29) is 12.7 Å². The van der Waals surface area contributed by atoms with Crippen LogP contribution in [0.3, 0.4) is 0 Å². The van der Waals surface area contributed by atoms with Crippen molar-refractivity contribution in [2.75, 3.05) is 21.0 Å². The van der Waals surface area contributed by atoms with Crippen LogP contribution in [-0.2, 0) is 0 Å². The first-order chi connectivity index (χ1) is 11.7. The third-order valence-corrected chi connectivity index (χ3v) is 3.44. The first-order valence-corrected chi connectivity index (χ1v) is 7.17. The molecule has 0 fully saturated rings. The zero-order valence-corrected chi connectivity index (χ0v) is 13.2. The molecule has 1 heterocycles. The van der Waals surface area contributed by atoms with E-state index in [1.165, 1.54) is 6.21 Å². The molecule has 2 aromatic rings. The summed E-state index contributed by atoms with van der Waals surface area (Å²) in [7, 11) is 3.10. The molecule has 0 bridgehead atoms. The van der Waals surface area contributed by atoms with Crippen LogP contribution in [0.2, 0.25) is 0 Å². The van der Waals surface area contributed by atoms with Crippen molar-refractivity contribution >= 4 is 12.1 Å². The van der Waals surface area contributed by atoms with Crippen molar-refractivity contribution in [2.24, 2.45) is 5.10 Å². The summed E-state index contributed by atoms with van der Waals surface area (Å²) >= 11 is 0. The molecular formula is C17H16N2O5. The lowest BCUT2D eigenvalue weighted by Crippen LogP contribution is -2.17. The van der Waals surface area contributed by atoms with Gasteiger partial charge < -0.3 is 18.9 Å². The van der Waals surface area contributed by atoms with Gasteiger partial charge in [0.2, 0.25) is 6.79 Å². The molecule has 0 aromatic heterocycles. The summed E-state index contributed by atoms with van der Waals surface area (Å²) in [6.45, 7) is 0.161. The molecule has 7 heteroatoms. The highest BCUT2D eigenvalue weighted by molar-refractivity contribution is 5.95. The lowest BCUT2D eigenvalue weighted by Gasteiger charge is -2.09. The highest BCUT2D eigenvalue weighted by Crippen LogP contribution is 2.32. The molecule has 0 saturated heterocycles. The number of hydrogen-bond acceptors (Lipinski definition) is 6. The lowest BCUT2D eigenvalue weighted by molar-refractivity contribution is 0.0954. The number of ether oxygens (including phenoxy) is 4. The fraction of sp³-hybridized carbons (Fsp3) is 0.176. The van der Waals surface area contributed by atoms with Crippen LogP contribution in [0, 0.1) is 0 Å². The average molecular weight is 328 g/mol. The third kappa shape index (κ3) is 3.10. The maximum Gasteiger partial charge on any atom is 0.271 e. The molecule has 7 nitrogen and oxygen atoms in total. The molecule has 1 aliphatic heterocycles. The lowest BCUT2D eigenvalue weighted by atomic mass is 10.2. The Hall–Kier alpha value is -3.22. The summed E-state index contributed by atoms with van der Waals surface area (Å²) in [5.41, 5.74) is 3.57. The van der Waals surface area contributed by atoms with Gasteiger partial charge in [0.15, 0.2) is 23.0 Å². The fourth-order valence-electron chi connectivity index (χ4n) is 2.28. The number of amides is 1. The number of nitrogens with zero attached hydrogens (tertiary/aromatic N) is 1. The van der Waals surface area contributed by atoms with Gasteiger partial charge in [-0.2, -0.15) is 5.10 Å². The second-order valence-corrected chi connectivity index (χ2v) is 4.85. The summed E-state index contributed by atoms with van der Waals surface area (Å²) in [4.78, 5) is 12.1. The Bertz CT molecular complexity index is 789. The minimum absolute atomic E-state index is 0.161. The van der Waals surface area contributed by atoms with E-state index in [4.69, 9.17) is 18.9 Å². The summed E-state index contributed by atoms with van der Waals surface area (Å²) < 4.78 is 21.0. The second-order valence-electron chi connectivity index (χ2n) is 4.85. The van der Waals surface area contributed by atoms with Gasteiger partial charge in [0.1, 0.15) is 0 Å². The van der Waals surface area contributed by atoms with E-state index >= 15 is 0 Å². The Morgan fingerprint density at radius 2 is 2.00 bits per heavy atom. The maximum absolute atomic E-state index is 12.1. The van der Waals surface area contributed by atoms with E-state index < -0.39 is 0 Å². The van der Waals surface area contributed by atoms with Crippen LogP contribution in [0.15, 0.2) is 41.5 Å². The predicted octanol–water partition coefficient (Wildman–Crippen LogP) is 2.20. The normalized spacial score (nSPS) is 12.2. The van der Waals surface area contributed by atoms with Crippen molar-refractivity contribution in [1.82, 2.24) is 5.43 Å². The van der Waals surface area contributed by atoms with Gasteiger partial charge in [-0.1, -0.05) is 6.07 Å². The zero-order valence-electron chi connectivity index (χ0n) is 13.2. The second kappa shape index (κ2) is 6.91. The first kappa shape index (κ1) is 15.7. The van der Waals surface area contributed by atoms with E-state index in [1.54, 1.807) is 44.6 Å². The number of carbonyl (C=O) groups excluding carboxylic acids is 1. The molecule has 0 atom stereocenters. The molecule has 24 heavy (non-hydrogen) atoms. The van der Waals surface area contributed by atoms with Gasteiger partial charge in [0.25, 0.3) is 5.91 Å². The topological polar surface area (TPSA) is 78.4 Å². The smallest absolute Gasteiger partial charge is 0.271 e. The molecular weight excluding hydrogens is 312 g/mol. The monoisotopic (exact) mass is 328 g/mol. The Kier molecular flexibility index (Phi) is 4.51. The van der Waals surface area contributed by atoms with Crippen LogP contribution in [0.25, 0.3) is 0 Å². The first-order valence-electron chi connectivity index (χ1n) is 7.17. The Morgan fingerprint density at radius 1 is 1.17 bits per heavy atom. The van der Waals surface area contributed by atoms with Crippen LogP contribution in [0.4, 0.5) is 0 Å². The number of methoxy groups -OCH3 is 2. The number of para-hydroxylation sites is 1. The Balaban J connectivity index is 1.71. The molecule has 0 spiro atoms. The van der Waals surface area contributed by atoms with E-state index in [2.05, 4.69) is 10.5 Å². The molecule has 1 aliphatic rings. The average Bonchev–Trinajstić information content (AvgIpc) is 3.08. The van der Waals surface area contributed by atoms with E-state index in [0.717, 1.165) is 0 Å². The van der Waals surface area contributed by atoms with Crippen molar-refractivity contribution in [3.63, 3.8) is 0 Å². The van der Waals surface area contributed by atoms with Gasteiger partial charge in [-0.25, -0.2) is 5.43 Å². The molecule has 2 aromatic carbocycles. The zero-order chi connectivity index (χ0) is 16.9. The molecule has 0 aliphatic carbocycles. The van der Waals surface area contributed by atoms with Crippen LogP contribution in [0.5, 0.6) is 23.0 Å². The van der Waals surface area contributed by atoms with Crippen LogP contribution in [-0.4, -0.2) is 33.1 Å². The van der Waals surface area contributed by atoms with Gasteiger partial charge in [0, 0.05) is 11.1 Å². The van der Waals surface area contributed by atoms with Crippen LogP contribution >= 0.6 is 0 Å². The van der Waals surface area contributed by atoms with Gasteiger partial charge >= 0.3 is 0 Å². The summed E-state index contributed by atoms with van der Waals surface area (Å²) in [6, 6.07) is 10.3. The molecule has 0 unspecified atom stereocenters. The van der Waals surface area contributed by atoms with Gasteiger partial charge in [-0.05, 0) is 30.3 Å². The van der Waals surface area contributed by atoms with Gasteiger partial charge in [-0.3, -0.25) is 4.79 Å². The molecule has 3 rings (SSSR count). The van der Waals surface area contributed by atoms with Crippen LogP contribution in [0.1, 0.15) is 15.9 Å². The minimum atomic E-state index is -0.355. The number of fused-ring (bicyclic) bond motifs is 1. The minimum Gasteiger partial charge on any atom is -0.493 e. The molecule has 0 radical (unpaired) electrons. The van der Waals surface area contributed by atoms with Crippen molar-refractivity contribution in [3.05, 3.63) is 47.5 Å². The van der Waals surface area contributed by atoms with Gasteiger partial charge in [-0.15, -0.1) is 0 Å². The predicted molar refractivity (Wildman–Crippen MR) is 87.2 cm³/mol. The van der Waals surface area contributed by atoms with Crippen molar-refractivity contribution in [1.29, 1.82) is 0 Å². The molecule has 0 saturated carbocycles. The summed E-state index contributed by atoms with van der Waals surface area (Å²) in [5.74, 6) is 1.94. The standard InChI is InChI=1S/C17H16N2O5/c1-21-14-5-3-4-12(16(14)22-2)9-18-19-17(20)11-6-7-13-15(8-11)24-10-23-13/h3-9H,10H2,1-2H3,(H,19,20)/b18-9+. The summed E-state index contributed by atoms with van der Waals surface area (Å²) in [5, 5.41) is 3.96. The molecule has 1 N–H and O–H groups in total. The van der Waals surface area contributed by atoms with Crippen molar-refractivity contribution in [2.45, 2.75) is 0 Å². The summed E-state index contributed by atoms with van der Waals surface area (Å²) in [6.07, 6.45) is 1.49. The third-order valence-electron chi connectivity index (χ3n) is 3.44. The van der Waals surface area contributed by atoms with Gasteiger partial charge in [0.05, 0.1) is 20.4 Å². The largest absolute Gasteiger partial charge is 0.493 e. The Morgan fingerprint density at radius 3 is 2.79 bits per heavy atom. The Labute approximate surface area is 138 Å². The number of hydrogen-bond donors (Lipinski definition) is 1. The maximum atomic E-state index is 12.1. The molecule has 1 amide bonds. The molecule has 124 valence electrons. The van der Waals surface area contributed by atoms with Crippen molar-refractivity contribution in [3.8, 4) is 23.0 Å². The number of hydrazone groups is 1.